The molecule has 11 heteroatoms. The number of carbonyl (C=O) groups excluding carboxylic acids is 1. The summed E-state index contributed by atoms with van der Waals surface area (Å²) in [5, 5.41) is 22.7. The first-order chi connectivity index (χ1) is 14.3. The number of fused-ring (bicyclic) bond motifs is 1. The van der Waals surface area contributed by atoms with Gasteiger partial charge in [-0.3, -0.25) is 19.5 Å². The van der Waals surface area contributed by atoms with Gasteiger partial charge in [0.05, 0.1) is 30.7 Å². The zero-order valence-corrected chi connectivity index (χ0v) is 16.2. The fraction of sp³-hybridized carbons (Fsp3) is 0.556. The molecule has 0 spiro atoms. The van der Waals surface area contributed by atoms with Crippen molar-refractivity contribution in [2.24, 2.45) is 0 Å². The van der Waals surface area contributed by atoms with Gasteiger partial charge in [-0.15, -0.1) is 5.10 Å². The predicted octanol–water partition coefficient (Wildman–Crippen LogP) is 0.614. The molecular weight excluding hydrogens is 372 g/mol. The highest BCUT2D eigenvalue weighted by Gasteiger charge is 2.27. The average molecular weight is 396 g/mol. The fourth-order valence-electron chi connectivity index (χ4n) is 4.14. The third-order valence-corrected chi connectivity index (χ3v) is 5.65. The molecule has 0 saturated carbocycles. The van der Waals surface area contributed by atoms with E-state index in [9.17, 15) is 4.79 Å². The second kappa shape index (κ2) is 7.74. The molecule has 3 aromatic heterocycles. The Labute approximate surface area is 167 Å². The topological polar surface area (TPSA) is 114 Å². The maximum Gasteiger partial charge on any atom is 0.259 e. The van der Waals surface area contributed by atoms with E-state index in [4.69, 9.17) is 5.10 Å². The Morgan fingerprint density at radius 1 is 1.10 bits per heavy atom. The van der Waals surface area contributed by atoms with Crippen LogP contribution in [-0.4, -0.2) is 75.5 Å². The number of likely N-dealkylation sites (tertiary alicyclic amines) is 1. The zero-order valence-electron chi connectivity index (χ0n) is 16.2. The van der Waals surface area contributed by atoms with Gasteiger partial charge in [-0.2, -0.15) is 14.9 Å². The Morgan fingerprint density at radius 2 is 1.97 bits per heavy atom. The molecule has 5 rings (SSSR count). The molecule has 2 aliphatic rings. The number of rotatable bonds is 4. The largest absolute Gasteiger partial charge is 0.331 e. The van der Waals surface area contributed by atoms with E-state index in [1.165, 1.54) is 42.9 Å². The van der Waals surface area contributed by atoms with E-state index < -0.39 is 0 Å². The molecule has 29 heavy (non-hydrogen) atoms. The number of nitrogens with zero attached hydrogens (tertiary/aromatic N) is 9. The molecule has 1 N–H and O–H groups in total. The molecule has 1 saturated heterocycles. The van der Waals surface area contributed by atoms with Crippen LogP contribution in [0.3, 0.4) is 0 Å². The number of amides is 1. The van der Waals surface area contributed by atoms with Crippen molar-refractivity contribution in [3.05, 3.63) is 35.5 Å². The first-order valence-electron chi connectivity index (χ1n) is 10.1. The monoisotopic (exact) mass is 396 g/mol. The lowest BCUT2D eigenvalue weighted by Crippen LogP contribution is -2.38. The first kappa shape index (κ1) is 18.0. The Morgan fingerprint density at radius 3 is 2.76 bits per heavy atom. The number of carbonyl (C=O) groups is 1. The molecule has 2 aliphatic heterocycles. The minimum absolute atomic E-state index is 0.0919. The number of H-pyrrole nitrogens is 1. The van der Waals surface area contributed by atoms with E-state index in [1.807, 2.05) is 9.58 Å². The minimum Gasteiger partial charge on any atom is -0.331 e. The van der Waals surface area contributed by atoms with Crippen LogP contribution in [0.1, 0.15) is 47.4 Å². The molecule has 0 aliphatic carbocycles. The van der Waals surface area contributed by atoms with Crippen LogP contribution >= 0.6 is 0 Å². The van der Waals surface area contributed by atoms with E-state index in [2.05, 4.69) is 36.7 Å². The summed E-state index contributed by atoms with van der Waals surface area (Å²) in [4.78, 5) is 17.4. The summed E-state index contributed by atoms with van der Waals surface area (Å²) in [6.07, 6.45) is 8.15. The number of aromatic nitrogens is 8. The van der Waals surface area contributed by atoms with Gasteiger partial charge in [0, 0.05) is 13.1 Å². The lowest BCUT2D eigenvalue weighted by atomic mass is 10.2. The Bertz CT molecular complexity index is 967. The van der Waals surface area contributed by atoms with Crippen LogP contribution < -0.4 is 0 Å². The molecule has 0 unspecified atom stereocenters. The molecular formula is C18H24N10O. The van der Waals surface area contributed by atoms with Gasteiger partial charge in [-0.1, -0.05) is 12.8 Å². The van der Waals surface area contributed by atoms with Crippen molar-refractivity contribution in [1.82, 2.24) is 50.0 Å². The Balaban J connectivity index is 1.29. The molecule has 1 amide bonds. The minimum atomic E-state index is -0.0919. The van der Waals surface area contributed by atoms with Crippen molar-refractivity contribution in [3.8, 4) is 5.82 Å². The second-order valence-corrected chi connectivity index (χ2v) is 7.65. The first-order valence-corrected chi connectivity index (χ1v) is 10.1. The number of hydrogen-bond acceptors (Lipinski definition) is 7. The lowest BCUT2D eigenvalue weighted by molar-refractivity contribution is 0.0706. The summed E-state index contributed by atoms with van der Waals surface area (Å²) < 4.78 is 3.45. The molecule has 0 radical (unpaired) electrons. The molecule has 0 bridgehead atoms. The maximum atomic E-state index is 13.1. The van der Waals surface area contributed by atoms with Gasteiger partial charge < -0.3 is 4.90 Å². The van der Waals surface area contributed by atoms with Crippen molar-refractivity contribution in [2.75, 3.05) is 19.6 Å². The van der Waals surface area contributed by atoms with Gasteiger partial charge in [0.15, 0.2) is 5.82 Å². The third kappa shape index (κ3) is 3.65. The van der Waals surface area contributed by atoms with E-state index in [-0.39, 0.29) is 5.91 Å². The number of aromatic amines is 1. The summed E-state index contributed by atoms with van der Waals surface area (Å²) in [6.45, 7) is 5.02. The Hall–Kier alpha value is -3.08. The van der Waals surface area contributed by atoms with Crippen LogP contribution in [0.4, 0.5) is 0 Å². The van der Waals surface area contributed by atoms with Crippen molar-refractivity contribution < 1.29 is 4.79 Å². The molecule has 1 fully saturated rings. The van der Waals surface area contributed by atoms with Crippen LogP contribution in [-0.2, 0) is 19.6 Å². The van der Waals surface area contributed by atoms with E-state index in [1.54, 1.807) is 0 Å². The number of hydrogen-bond donors (Lipinski definition) is 1. The van der Waals surface area contributed by atoms with Crippen molar-refractivity contribution in [1.29, 1.82) is 0 Å². The normalized spacial score (nSPS) is 17.9. The van der Waals surface area contributed by atoms with Gasteiger partial charge in [-0.25, -0.2) is 0 Å². The highest BCUT2D eigenvalue weighted by molar-refractivity contribution is 5.96. The van der Waals surface area contributed by atoms with Crippen LogP contribution in [0.5, 0.6) is 0 Å². The van der Waals surface area contributed by atoms with E-state index in [0.29, 0.717) is 31.0 Å². The molecule has 5 heterocycles. The summed E-state index contributed by atoms with van der Waals surface area (Å²) in [5.74, 6) is 0.381. The van der Waals surface area contributed by atoms with E-state index in [0.717, 1.165) is 31.0 Å². The third-order valence-electron chi connectivity index (χ3n) is 5.65. The van der Waals surface area contributed by atoms with Crippen LogP contribution in [0.2, 0.25) is 0 Å². The van der Waals surface area contributed by atoms with E-state index >= 15 is 0 Å². The van der Waals surface area contributed by atoms with Gasteiger partial charge in [0.1, 0.15) is 11.9 Å². The summed E-state index contributed by atoms with van der Waals surface area (Å²) in [6, 6.07) is 2.14. The van der Waals surface area contributed by atoms with Gasteiger partial charge in [0.2, 0.25) is 0 Å². The van der Waals surface area contributed by atoms with Gasteiger partial charge >= 0.3 is 0 Å². The standard InChI is InChI=1S/C18H24N10O/c29-18(16-10-19-21-17(16)28-13-20-23-24-28)26-7-8-27-15(12-26)9-14(22-27)11-25-5-3-1-2-4-6-25/h9-10,13H,1-8,11-12H2,(H,19,21). The smallest absolute Gasteiger partial charge is 0.259 e. The highest BCUT2D eigenvalue weighted by atomic mass is 16.2. The van der Waals surface area contributed by atoms with Crippen LogP contribution in [0.25, 0.3) is 5.82 Å². The lowest BCUT2D eigenvalue weighted by Gasteiger charge is -2.27. The summed E-state index contributed by atoms with van der Waals surface area (Å²) in [7, 11) is 0. The van der Waals surface area contributed by atoms with Crippen molar-refractivity contribution in [3.63, 3.8) is 0 Å². The molecule has 0 aromatic carbocycles. The average Bonchev–Trinajstić information content (AvgIpc) is 3.45. The second-order valence-electron chi connectivity index (χ2n) is 7.65. The van der Waals surface area contributed by atoms with Crippen molar-refractivity contribution >= 4 is 5.91 Å². The predicted molar refractivity (Wildman–Crippen MR) is 102 cm³/mol. The van der Waals surface area contributed by atoms with Gasteiger partial charge in [0.25, 0.3) is 5.91 Å². The summed E-state index contributed by atoms with van der Waals surface area (Å²) >= 11 is 0. The number of tetrazole rings is 1. The fourth-order valence-corrected chi connectivity index (χ4v) is 4.14. The maximum absolute atomic E-state index is 13.1. The Kier molecular flexibility index (Phi) is 4.80. The van der Waals surface area contributed by atoms with Crippen molar-refractivity contribution in [2.45, 2.75) is 45.3 Å². The quantitative estimate of drug-likeness (QED) is 0.687. The molecule has 152 valence electrons. The van der Waals surface area contributed by atoms with Crippen LogP contribution in [0, 0.1) is 0 Å². The molecule has 3 aromatic rings. The summed E-state index contributed by atoms with van der Waals surface area (Å²) in [5.41, 5.74) is 2.62. The van der Waals surface area contributed by atoms with Crippen LogP contribution in [0.15, 0.2) is 18.6 Å². The zero-order chi connectivity index (χ0) is 19.6. The molecule has 0 atom stereocenters. The SMILES string of the molecule is O=C(c1cn[nH]c1-n1cnnn1)N1CCn2nc(CN3CCCCCC3)cc2C1. The highest BCUT2D eigenvalue weighted by Crippen LogP contribution is 2.20. The van der Waals surface area contributed by atoms with Gasteiger partial charge in [-0.05, 0) is 42.4 Å². The molecule has 11 nitrogen and oxygen atoms in total. The number of nitrogens with one attached hydrogen (secondary N) is 1.